The topological polar surface area (TPSA) is 88.2 Å². The predicted octanol–water partition coefficient (Wildman–Crippen LogP) is 1.81. The minimum atomic E-state index is -3.80. The summed E-state index contributed by atoms with van der Waals surface area (Å²) in [4.78, 5) is 16.0. The molecule has 0 radical (unpaired) electrons. The van der Waals surface area contributed by atoms with E-state index in [-0.39, 0.29) is 41.2 Å². The molecule has 0 spiro atoms. The molecule has 8 nitrogen and oxygen atoms in total. The molecular formula is C20H27N3O5S2. The van der Waals surface area contributed by atoms with Crippen LogP contribution in [0, 0.1) is 0 Å². The van der Waals surface area contributed by atoms with Crippen LogP contribution in [-0.2, 0) is 14.8 Å². The summed E-state index contributed by atoms with van der Waals surface area (Å²) in [5.74, 6) is -0.123. The molecule has 1 aliphatic rings. The zero-order chi connectivity index (χ0) is 21.7. The lowest BCUT2D eigenvalue weighted by Gasteiger charge is -2.27. The Hall–Kier alpha value is -1.98. The molecule has 30 heavy (non-hydrogen) atoms. The Bertz CT molecular complexity index is 955. The van der Waals surface area contributed by atoms with Crippen molar-refractivity contribution in [3.63, 3.8) is 0 Å². The standard InChI is InChI=1S/C20H27N3O5S2/c1-22(2)16(18-5-4-12-29-18)14-21-20(24)15-6-7-17(27-3)19(13-15)30(25,26)23-8-10-28-11-9-23/h4-7,12-13,16H,8-11,14H2,1-3H3,(H,21,24)/t16-/m1/s1. The molecular weight excluding hydrogens is 426 g/mol. The molecule has 164 valence electrons. The van der Waals surface area contributed by atoms with Gasteiger partial charge in [0.1, 0.15) is 10.6 Å². The summed E-state index contributed by atoms with van der Waals surface area (Å²) in [5.41, 5.74) is 0.270. The summed E-state index contributed by atoms with van der Waals surface area (Å²) in [6.45, 7) is 1.64. The summed E-state index contributed by atoms with van der Waals surface area (Å²) in [5, 5.41) is 4.92. The number of nitrogens with zero attached hydrogens (tertiary/aromatic N) is 2. The number of methoxy groups -OCH3 is 1. The van der Waals surface area contributed by atoms with Crippen LogP contribution in [0.15, 0.2) is 40.6 Å². The second-order valence-electron chi connectivity index (χ2n) is 7.09. The largest absolute Gasteiger partial charge is 0.495 e. The van der Waals surface area contributed by atoms with Crippen LogP contribution in [0.3, 0.4) is 0 Å². The van der Waals surface area contributed by atoms with Crippen LogP contribution < -0.4 is 10.1 Å². The van der Waals surface area contributed by atoms with E-state index in [0.717, 1.165) is 4.88 Å². The van der Waals surface area contributed by atoms with E-state index in [0.29, 0.717) is 19.8 Å². The number of morpholine rings is 1. The fourth-order valence-electron chi connectivity index (χ4n) is 3.26. The van der Waals surface area contributed by atoms with Gasteiger partial charge >= 0.3 is 0 Å². The maximum absolute atomic E-state index is 13.1. The average Bonchev–Trinajstić information content (AvgIpc) is 3.28. The molecule has 1 saturated heterocycles. The number of thiophene rings is 1. The van der Waals surface area contributed by atoms with E-state index in [1.165, 1.54) is 23.5 Å². The lowest BCUT2D eigenvalue weighted by atomic mass is 10.2. The number of sulfonamides is 1. The molecule has 1 aromatic carbocycles. The Labute approximate surface area is 181 Å². The van der Waals surface area contributed by atoms with Crippen molar-refractivity contribution in [3.05, 3.63) is 46.2 Å². The summed E-state index contributed by atoms with van der Waals surface area (Å²) >= 11 is 1.63. The molecule has 1 aliphatic heterocycles. The van der Waals surface area contributed by atoms with Gasteiger partial charge in [0, 0.05) is 30.1 Å². The van der Waals surface area contributed by atoms with Crippen molar-refractivity contribution in [2.24, 2.45) is 0 Å². The lowest BCUT2D eigenvalue weighted by Crippen LogP contribution is -2.40. The van der Waals surface area contributed by atoms with Crippen LogP contribution in [0.25, 0.3) is 0 Å². The van der Waals surface area contributed by atoms with E-state index >= 15 is 0 Å². The molecule has 2 heterocycles. The van der Waals surface area contributed by atoms with Crippen LogP contribution in [0.4, 0.5) is 0 Å². The molecule has 0 unspecified atom stereocenters. The van der Waals surface area contributed by atoms with Crippen molar-refractivity contribution in [1.82, 2.24) is 14.5 Å². The first-order valence-electron chi connectivity index (χ1n) is 9.58. The lowest BCUT2D eigenvalue weighted by molar-refractivity contribution is 0.0729. The highest BCUT2D eigenvalue weighted by Gasteiger charge is 2.30. The van der Waals surface area contributed by atoms with Gasteiger partial charge in [0.2, 0.25) is 10.0 Å². The number of rotatable bonds is 8. The van der Waals surface area contributed by atoms with Gasteiger partial charge in [0.15, 0.2) is 0 Å². The highest BCUT2D eigenvalue weighted by Crippen LogP contribution is 2.29. The maximum atomic E-state index is 13.1. The number of hydrogen-bond acceptors (Lipinski definition) is 7. The third-order valence-electron chi connectivity index (χ3n) is 4.96. The number of ether oxygens (including phenoxy) is 2. The number of likely N-dealkylation sites (N-methyl/N-ethyl adjacent to an activating group) is 1. The zero-order valence-corrected chi connectivity index (χ0v) is 19.0. The van der Waals surface area contributed by atoms with E-state index in [1.54, 1.807) is 17.4 Å². The summed E-state index contributed by atoms with van der Waals surface area (Å²) < 4.78 is 38.1. The van der Waals surface area contributed by atoms with Gasteiger partial charge in [0.05, 0.1) is 26.4 Å². The van der Waals surface area contributed by atoms with Crippen LogP contribution in [-0.4, -0.2) is 77.6 Å². The van der Waals surface area contributed by atoms with Gasteiger partial charge in [-0.25, -0.2) is 8.42 Å². The summed E-state index contributed by atoms with van der Waals surface area (Å²) in [7, 11) is 1.52. The van der Waals surface area contributed by atoms with Crippen molar-refractivity contribution >= 4 is 27.3 Å². The maximum Gasteiger partial charge on any atom is 0.251 e. The van der Waals surface area contributed by atoms with Gasteiger partial charge < -0.3 is 19.7 Å². The summed E-state index contributed by atoms with van der Waals surface area (Å²) in [6, 6.07) is 8.51. The number of hydrogen-bond donors (Lipinski definition) is 1. The molecule has 1 fully saturated rings. The fourth-order valence-corrected chi connectivity index (χ4v) is 5.77. The Balaban J connectivity index is 1.80. The first-order valence-corrected chi connectivity index (χ1v) is 11.9. The molecule has 1 atom stereocenters. The van der Waals surface area contributed by atoms with Crippen molar-refractivity contribution in [2.45, 2.75) is 10.9 Å². The van der Waals surface area contributed by atoms with E-state index in [4.69, 9.17) is 9.47 Å². The fraction of sp³-hybridized carbons (Fsp3) is 0.450. The summed E-state index contributed by atoms with van der Waals surface area (Å²) in [6.07, 6.45) is 0. The van der Waals surface area contributed by atoms with Gasteiger partial charge in [-0.2, -0.15) is 4.31 Å². The minimum Gasteiger partial charge on any atom is -0.495 e. The quantitative estimate of drug-likeness (QED) is 0.656. The van der Waals surface area contributed by atoms with Crippen molar-refractivity contribution in [3.8, 4) is 5.75 Å². The molecule has 3 rings (SSSR count). The predicted molar refractivity (Wildman–Crippen MR) is 116 cm³/mol. The molecule has 0 aliphatic carbocycles. The van der Waals surface area contributed by atoms with Crippen molar-refractivity contribution in [1.29, 1.82) is 0 Å². The Morgan fingerprint density at radius 1 is 1.30 bits per heavy atom. The number of nitrogens with one attached hydrogen (secondary N) is 1. The van der Waals surface area contributed by atoms with E-state index in [9.17, 15) is 13.2 Å². The highest BCUT2D eigenvalue weighted by molar-refractivity contribution is 7.89. The molecule has 1 amide bonds. The van der Waals surface area contributed by atoms with Crippen LogP contribution in [0.1, 0.15) is 21.3 Å². The molecule has 2 aromatic rings. The first-order chi connectivity index (χ1) is 14.3. The molecule has 0 saturated carbocycles. The molecule has 10 heteroatoms. The van der Waals surface area contributed by atoms with Crippen molar-refractivity contribution < 1.29 is 22.7 Å². The van der Waals surface area contributed by atoms with Gasteiger partial charge in [-0.3, -0.25) is 4.79 Å². The third-order valence-corrected chi connectivity index (χ3v) is 7.86. The van der Waals surface area contributed by atoms with E-state index < -0.39 is 10.0 Å². The second kappa shape index (κ2) is 9.88. The Kier molecular flexibility index (Phi) is 7.48. The van der Waals surface area contributed by atoms with Gasteiger partial charge in [-0.1, -0.05) is 6.07 Å². The molecule has 0 bridgehead atoms. The zero-order valence-electron chi connectivity index (χ0n) is 17.3. The average molecular weight is 454 g/mol. The Morgan fingerprint density at radius 2 is 2.03 bits per heavy atom. The normalized spacial score (nSPS) is 16.4. The molecule has 1 N–H and O–H groups in total. The van der Waals surface area contributed by atoms with Gasteiger partial charge in [0.25, 0.3) is 5.91 Å². The third kappa shape index (κ3) is 5.01. The number of benzene rings is 1. The SMILES string of the molecule is COc1ccc(C(=O)NC[C@H](c2cccs2)N(C)C)cc1S(=O)(=O)N1CCOCC1. The van der Waals surface area contributed by atoms with Crippen molar-refractivity contribution in [2.75, 3.05) is 54.1 Å². The van der Waals surface area contributed by atoms with Crippen LogP contribution in [0.5, 0.6) is 5.75 Å². The van der Waals surface area contributed by atoms with Crippen LogP contribution >= 0.6 is 11.3 Å². The second-order valence-corrected chi connectivity index (χ2v) is 9.97. The van der Waals surface area contributed by atoms with Gasteiger partial charge in [-0.05, 0) is 43.7 Å². The number of carbonyl (C=O) groups is 1. The Morgan fingerprint density at radius 3 is 2.63 bits per heavy atom. The van der Waals surface area contributed by atoms with Gasteiger partial charge in [-0.15, -0.1) is 11.3 Å². The van der Waals surface area contributed by atoms with Crippen LogP contribution in [0.2, 0.25) is 0 Å². The van der Waals surface area contributed by atoms with E-state index in [1.807, 2.05) is 36.5 Å². The number of amides is 1. The smallest absolute Gasteiger partial charge is 0.251 e. The minimum absolute atomic E-state index is 0.0121. The number of carbonyl (C=O) groups excluding carboxylic acids is 1. The molecule has 1 aromatic heterocycles. The highest BCUT2D eigenvalue weighted by atomic mass is 32.2. The first kappa shape index (κ1) is 22.7. The van der Waals surface area contributed by atoms with E-state index in [2.05, 4.69) is 5.32 Å². The monoisotopic (exact) mass is 453 g/mol.